The maximum atomic E-state index is 13.5. The maximum Gasteiger partial charge on any atom is 0.329 e. The van der Waals surface area contributed by atoms with Crippen molar-refractivity contribution < 1.29 is 58.3 Å². The third kappa shape index (κ3) is 11.0. The van der Waals surface area contributed by atoms with E-state index in [1.807, 2.05) is 60.7 Å². The molecule has 1 saturated heterocycles. The fraction of sp³-hybridized carbons (Fsp3) is 0.486. The van der Waals surface area contributed by atoms with Gasteiger partial charge in [-0.2, -0.15) is 0 Å². The van der Waals surface area contributed by atoms with Gasteiger partial charge in [0.2, 0.25) is 23.6 Å². The van der Waals surface area contributed by atoms with Crippen molar-refractivity contribution in [3.8, 4) is 0 Å². The molecule has 0 bridgehead atoms. The summed E-state index contributed by atoms with van der Waals surface area (Å²) in [5, 5.41) is 34.4. The molecule has 17 heteroatoms. The number of esters is 1. The van der Waals surface area contributed by atoms with Crippen LogP contribution in [0.15, 0.2) is 60.7 Å². The second kappa shape index (κ2) is 19.6. The highest BCUT2D eigenvalue weighted by Gasteiger charge is 2.49. The summed E-state index contributed by atoms with van der Waals surface area (Å²) < 4.78 is 16.7. The molecule has 2 aromatic rings. The van der Waals surface area contributed by atoms with Crippen LogP contribution in [0, 0.1) is 0 Å². The first kappa shape index (κ1) is 41.5. The van der Waals surface area contributed by atoms with Gasteiger partial charge in [-0.3, -0.25) is 19.2 Å². The van der Waals surface area contributed by atoms with Crippen molar-refractivity contribution in [3.63, 3.8) is 0 Å². The van der Waals surface area contributed by atoms with Gasteiger partial charge in [-0.1, -0.05) is 67.6 Å². The zero-order chi connectivity index (χ0) is 38.5. The second-order valence-electron chi connectivity index (χ2n) is 12.2. The molecule has 0 saturated carbocycles. The highest BCUT2D eigenvalue weighted by atomic mass is 16.6. The van der Waals surface area contributed by atoms with Gasteiger partial charge < -0.3 is 56.5 Å². The number of aliphatic hydroxyl groups excluding tert-OH is 2. The molecule has 52 heavy (non-hydrogen) atoms. The highest BCUT2D eigenvalue weighted by molar-refractivity contribution is 5.92. The largest absolute Gasteiger partial charge is 0.480 e. The summed E-state index contributed by atoms with van der Waals surface area (Å²) in [6.07, 6.45) is -7.30. The van der Waals surface area contributed by atoms with Gasteiger partial charge in [0, 0.05) is 12.8 Å². The number of ether oxygens (including phenoxy) is 3. The molecule has 0 radical (unpaired) electrons. The minimum Gasteiger partial charge on any atom is -0.480 e. The Bertz CT molecular complexity index is 1490. The molecule has 1 aliphatic heterocycles. The quantitative estimate of drug-likeness (QED) is 0.0916. The van der Waals surface area contributed by atoms with E-state index < -0.39 is 104 Å². The number of benzene rings is 2. The van der Waals surface area contributed by atoms with E-state index in [2.05, 4.69) is 10.6 Å². The van der Waals surface area contributed by atoms with Crippen LogP contribution >= 0.6 is 0 Å². The van der Waals surface area contributed by atoms with Gasteiger partial charge in [0.15, 0.2) is 12.3 Å². The predicted molar refractivity (Wildman–Crippen MR) is 182 cm³/mol. The van der Waals surface area contributed by atoms with Gasteiger partial charge in [-0.15, -0.1) is 0 Å². The van der Waals surface area contributed by atoms with E-state index in [0.29, 0.717) is 0 Å². The molecule has 2 aromatic carbocycles. The van der Waals surface area contributed by atoms with E-state index in [1.54, 1.807) is 0 Å². The third-order valence-corrected chi connectivity index (χ3v) is 8.47. The molecule has 1 fully saturated rings. The minimum atomic E-state index is -1.57. The van der Waals surface area contributed by atoms with Crippen molar-refractivity contribution in [1.82, 2.24) is 15.5 Å². The zero-order valence-corrected chi connectivity index (χ0v) is 29.1. The summed E-state index contributed by atoms with van der Waals surface area (Å²) in [4.78, 5) is 76.9. The molecular weight excluding hydrogens is 682 g/mol. The van der Waals surface area contributed by atoms with E-state index in [1.165, 1.54) is 20.8 Å². The van der Waals surface area contributed by atoms with Gasteiger partial charge in [-0.25, -0.2) is 9.59 Å². The van der Waals surface area contributed by atoms with Crippen molar-refractivity contribution >= 4 is 35.6 Å². The Kier molecular flexibility index (Phi) is 15.6. The summed E-state index contributed by atoms with van der Waals surface area (Å²) >= 11 is 0. The number of nitrogens with one attached hydrogen (secondary N) is 2. The average Bonchev–Trinajstić information content (AvgIpc) is 3.13. The minimum absolute atomic E-state index is 0.144. The molecule has 8 atom stereocenters. The Labute approximate surface area is 300 Å². The molecule has 17 nitrogen and oxygen atoms in total. The number of carboxylic acids is 1. The van der Waals surface area contributed by atoms with Gasteiger partial charge in [-0.05, 0) is 31.4 Å². The summed E-state index contributed by atoms with van der Waals surface area (Å²) in [6, 6.07) is 12.9. The lowest BCUT2D eigenvalue weighted by Gasteiger charge is -2.47. The number of nitrogens with two attached hydrogens (primary N) is 2. The highest BCUT2D eigenvalue weighted by Crippen LogP contribution is 2.28. The maximum absolute atomic E-state index is 13.5. The molecule has 0 aromatic heterocycles. The van der Waals surface area contributed by atoms with Gasteiger partial charge in [0.1, 0.15) is 43.0 Å². The molecular formula is C35H47N5O12. The number of aliphatic carboxylic acids is 1. The zero-order valence-electron chi connectivity index (χ0n) is 29.1. The lowest BCUT2D eigenvalue weighted by Crippen LogP contribution is -2.70. The number of primary amides is 1. The van der Waals surface area contributed by atoms with Gasteiger partial charge in [0.05, 0.1) is 12.6 Å². The number of hydrogen-bond acceptors (Lipinski definition) is 12. The van der Waals surface area contributed by atoms with Crippen LogP contribution < -0.4 is 22.1 Å². The van der Waals surface area contributed by atoms with Crippen molar-refractivity contribution in [2.24, 2.45) is 11.5 Å². The Morgan fingerprint density at radius 3 is 2.04 bits per heavy atom. The standard InChI is InChI=1S/C35H47N5O12/c1-4-26(43)40(34-28(36)31(50-18-27(44)45)29(46)24(17-41)51-34)20(3)33(48)39-23(32(37)47)15-16-25(42)38-19(2)35(49)52-30(21-11-7-5-8-12-21)22-13-9-6-10-14-22/h5-14,19-20,23-24,28-31,34,41,46H,4,15-18,36H2,1-3H3,(H2,37,47)(H,38,42)(H,39,48)(H,44,45)/t19-,20-,23+,24+,28+,29+,31+,34?/m0/s1. The van der Waals surface area contributed by atoms with E-state index >= 15 is 0 Å². The Balaban J connectivity index is 1.66. The first-order valence-electron chi connectivity index (χ1n) is 16.7. The number of rotatable bonds is 18. The monoisotopic (exact) mass is 729 g/mol. The third-order valence-electron chi connectivity index (χ3n) is 8.47. The van der Waals surface area contributed by atoms with Crippen LogP contribution in [0.2, 0.25) is 0 Å². The molecule has 1 unspecified atom stereocenters. The molecule has 1 heterocycles. The van der Waals surface area contributed by atoms with Gasteiger partial charge in [0.25, 0.3) is 0 Å². The summed E-state index contributed by atoms with van der Waals surface area (Å²) in [7, 11) is 0. The number of aliphatic hydroxyl groups is 2. The van der Waals surface area contributed by atoms with Crippen LogP contribution in [-0.2, 0) is 43.0 Å². The van der Waals surface area contributed by atoms with E-state index in [9.17, 15) is 39.0 Å². The SMILES string of the molecule is CCC(=O)N(C1O[C@H](CO)[C@@H](O)[C@H](OCC(=O)O)[C@H]1N)[C@@H](C)C(=O)N[C@H](CCC(=O)N[C@@H](C)C(=O)OC(c1ccccc1)c1ccccc1)C(N)=O. The van der Waals surface area contributed by atoms with E-state index in [0.717, 1.165) is 16.0 Å². The molecule has 1 aliphatic rings. The second-order valence-corrected chi connectivity index (χ2v) is 12.2. The van der Waals surface area contributed by atoms with Crippen LogP contribution in [0.25, 0.3) is 0 Å². The number of carbonyl (C=O) groups is 6. The number of carbonyl (C=O) groups excluding carboxylic acids is 5. The molecule has 284 valence electrons. The first-order valence-corrected chi connectivity index (χ1v) is 16.7. The van der Waals surface area contributed by atoms with Gasteiger partial charge >= 0.3 is 11.9 Å². The summed E-state index contributed by atoms with van der Waals surface area (Å²) in [5.41, 5.74) is 13.2. The number of hydrogen-bond donors (Lipinski definition) is 7. The molecule has 4 amide bonds. The summed E-state index contributed by atoms with van der Waals surface area (Å²) in [5.74, 6) is -5.24. The normalized spacial score (nSPS) is 21.6. The fourth-order valence-electron chi connectivity index (χ4n) is 5.65. The Morgan fingerprint density at radius 2 is 1.54 bits per heavy atom. The molecule has 3 rings (SSSR count). The predicted octanol–water partition coefficient (Wildman–Crippen LogP) is -0.923. The van der Waals surface area contributed by atoms with E-state index in [4.69, 9.17) is 30.8 Å². The number of nitrogens with zero attached hydrogens (tertiary/aromatic N) is 1. The van der Waals surface area contributed by atoms with Crippen molar-refractivity contribution in [2.75, 3.05) is 13.2 Å². The number of carboxylic acid groups (broad SMARTS) is 1. The van der Waals surface area contributed by atoms with Crippen LogP contribution in [0.4, 0.5) is 0 Å². The van der Waals surface area contributed by atoms with Crippen molar-refractivity contribution in [1.29, 1.82) is 0 Å². The number of amides is 4. The smallest absolute Gasteiger partial charge is 0.329 e. The summed E-state index contributed by atoms with van der Waals surface area (Å²) in [6.45, 7) is 2.64. The topological polar surface area (TPSA) is 270 Å². The van der Waals surface area contributed by atoms with Crippen LogP contribution in [0.3, 0.4) is 0 Å². The Hall–Kier alpha value is -4.94. The van der Waals surface area contributed by atoms with Crippen molar-refractivity contribution in [3.05, 3.63) is 71.8 Å². The lowest BCUT2D eigenvalue weighted by molar-refractivity contribution is -0.239. The van der Waals surface area contributed by atoms with Crippen LogP contribution in [0.5, 0.6) is 0 Å². The Morgan fingerprint density at radius 1 is 0.962 bits per heavy atom. The van der Waals surface area contributed by atoms with Crippen LogP contribution in [0.1, 0.15) is 57.3 Å². The first-order chi connectivity index (χ1) is 24.7. The fourth-order valence-corrected chi connectivity index (χ4v) is 5.65. The molecule has 0 spiro atoms. The van der Waals surface area contributed by atoms with Crippen LogP contribution in [-0.4, -0.2) is 118 Å². The van der Waals surface area contributed by atoms with E-state index in [-0.39, 0.29) is 19.3 Å². The molecule has 0 aliphatic carbocycles. The van der Waals surface area contributed by atoms with Crippen molar-refractivity contribution in [2.45, 2.75) is 94.8 Å². The molecule has 9 N–H and O–H groups in total. The lowest BCUT2D eigenvalue weighted by atomic mass is 9.95. The average molecular weight is 730 g/mol.